The molecule has 1 aromatic rings. The summed E-state index contributed by atoms with van der Waals surface area (Å²) in [4.78, 5) is 0. The SMILES string of the molecule is CC(C)NCC(Cc1cc(Br)ccc1F)C1CCCC1. The van der Waals surface area contributed by atoms with Gasteiger partial charge in [-0.3, -0.25) is 0 Å². The summed E-state index contributed by atoms with van der Waals surface area (Å²) >= 11 is 3.45. The third-order valence-electron chi connectivity index (χ3n) is 4.34. The zero-order chi connectivity index (χ0) is 14.5. The molecule has 0 aliphatic heterocycles. The van der Waals surface area contributed by atoms with Gasteiger partial charge in [0.05, 0.1) is 0 Å². The number of rotatable bonds is 6. The first-order valence-corrected chi connectivity index (χ1v) is 8.53. The van der Waals surface area contributed by atoms with E-state index in [2.05, 4.69) is 35.1 Å². The molecule has 0 bridgehead atoms. The van der Waals surface area contributed by atoms with Crippen LogP contribution in [0.15, 0.2) is 22.7 Å². The number of hydrogen-bond acceptors (Lipinski definition) is 1. The van der Waals surface area contributed by atoms with Gasteiger partial charge in [-0.15, -0.1) is 0 Å². The van der Waals surface area contributed by atoms with E-state index < -0.39 is 0 Å². The highest BCUT2D eigenvalue weighted by molar-refractivity contribution is 9.10. The summed E-state index contributed by atoms with van der Waals surface area (Å²) in [7, 11) is 0. The van der Waals surface area contributed by atoms with Crippen molar-refractivity contribution in [3.63, 3.8) is 0 Å². The summed E-state index contributed by atoms with van der Waals surface area (Å²) in [5.41, 5.74) is 0.849. The average Bonchev–Trinajstić information content (AvgIpc) is 2.92. The van der Waals surface area contributed by atoms with Crippen LogP contribution in [-0.2, 0) is 6.42 Å². The first kappa shape index (κ1) is 16.0. The molecule has 1 atom stereocenters. The van der Waals surface area contributed by atoms with Gasteiger partial charge in [0.2, 0.25) is 0 Å². The number of hydrogen-bond donors (Lipinski definition) is 1. The number of benzene rings is 1. The summed E-state index contributed by atoms with van der Waals surface area (Å²) in [6.45, 7) is 5.34. The van der Waals surface area contributed by atoms with Crippen molar-refractivity contribution < 1.29 is 4.39 Å². The van der Waals surface area contributed by atoms with E-state index in [1.165, 1.54) is 25.7 Å². The maximum absolute atomic E-state index is 14.0. The van der Waals surface area contributed by atoms with E-state index in [1.807, 2.05) is 6.07 Å². The topological polar surface area (TPSA) is 12.0 Å². The van der Waals surface area contributed by atoms with Crippen molar-refractivity contribution >= 4 is 15.9 Å². The molecule has 0 saturated heterocycles. The highest BCUT2D eigenvalue weighted by atomic mass is 79.9. The molecule has 0 radical (unpaired) electrons. The predicted molar refractivity (Wildman–Crippen MR) is 86.4 cm³/mol. The third-order valence-corrected chi connectivity index (χ3v) is 4.84. The van der Waals surface area contributed by atoms with E-state index >= 15 is 0 Å². The van der Waals surface area contributed by atoms with Crippen LogP contribution in [0.5, 0.6) is 0 Å². The molecule has 1 fully saturated rings. The van der Waals surface area contributed by atoms with Crippen LogP contribution in [0.1, 0.15) is 45.1 Å². The summed E-state index contributed by atoms with van der Waals surface area (Å²) in [6, 6.07) is 5.77. The van der Waals surface area contributed by atoms with E-state index in [4.69, 9.17) is 0 Å². The fourth-order valence-corrected chi connectivity index (χ4v) is 3.61. The van der Waals surface area contributed by atoms with Crippen molar-refractivity contribution in [3.05, 3.63) is 34.1 Å². The summed E-state index contributed by atoms with van der Waals surface area (Å²) < 4.78 is 14.9. The number of nitrogens with one attached hydrogen (secondary N) is 1. The van der Waals surface area contributed by atoms with Gasteiger partial charge in [0, 0.05) is 10.5 Å². The second-order valence-corrected chi connectivity index (χ2v) is 7.22. The quantitative estimate of drug-likeness (QED) is 0.772. The van der Waals surface area contributed by atoms with Crippen LogP contribution in [0.25, 0.3) is 0 Å². The van der Waals surface area contributed by atoms with Crippen molar-refractivity contribution in [3.8, 4) is 0 Å². The van der Waals surface area contributed by atoms with Crippen LogP contribution in [-0.4, -0.2) is 12.6 Å². The molecule has 0 aromatic heterocycles. The third kappa shape index (κ3) is 4.56. The molecular weight excluding hydrogens is 317 g/mol. The molecule has 1 N–H and O–H groups in total. The molecule has 1 aliphatic carbocycles. The van der Waals surface area contributed by atoms with Gasteiger partial charge in [-0.2, -0.15) is 0 Å². The molecule has 1 unspecified atom stereocenters. The highest BCUT2D eigenvalue weighted by Gasteiger charge is 2.26. The summed E-state index contributed by atoms with van der Waals surface area (Å²) in [5.74, 6) is 1.23. The second kappa shape index (κ2) is 7.56. The Morgan fingerprint density at radius 3 is 2.65 bits per heavy atom. The van der Waals surface area contributed by atoms with Crippen molar-refractivity contribution in [2.75, 3.05) is 6.54 Å². The Labute approximate surface area is 130 Å². The Hall–Kier alpha value is -0.410. The maximum Gasteiger partial charge on any atom is 0.126 e. The molecule has 1 aliphatic rings. The summed E-state index contributed by atoms with van der Waals surface area (Å²) in [6.07, 6.45) is 6.13. The van der Waals surface area contributed by atoms with Gasteiger partial charge in [-0.25, -0.2) is 4.39 Å². The molecule has 0 amide bonds. The lowest BCUT2D eigenvalue weighted by Crippen LogP contribution is -2.33. The van der Waals surface area contributed by atoms with Crippen LogP contribution >= 0.6 is 15.9 Å². The lowest BCUT2D eigenvalue weighted by Gasteiger charge is -2.25. The molecule has 1 aromatic carbocycles. The Morgan fingerprint density at radius 1 is 1.30 bits per heavy atom. The lowest BCUT2D eigenvalue weighted by atomic mass is 9.85. The Kier molecular flexibility index (Phi) is 6.03. The normalized spacial score (nSPS) is 17.9. The maximum atomic E-state index is 14.0. The van der Waals surface area contributed by atoms with Gasteiger partial charge in [0.15, 0.2) is 0 Å². The minimum atomic E-state index is -0.0688. The molecule has 1 nitrogen and oxygen atoms in total. The lowest BCUT2D eigenvalue weighted by molar-refractivity contribution is 0.310. The molecular formula is C17H25BrFN. The second-order valence-electron chi connectivity index (χ2n) is 6.31. The van der Waals surface area contributed by atoms with Gasteiger partial charge in [0.25, 0.3) is 0 Å². The smallest absolute Gasteiger partial charge is 0.126 e. The van der Waals surface area contributed by atoms with E-state index in [-0.39, 0.29) is 5.82 Å². The van der Waals surface area contributed by atoms with Gasteiger partial charge < -0.3 is 5.32 Å². The molecule has 0 spiro atoms. The monoisotopic (exact) mass is 341 g/mol. The largest absolute Gasteiger partial charge is 0.314 e. The number of halogens is 2. The molecule has 3 heteroatoms. The van der Waals surface area contributed by atoms with E-state index in [9.17, 15) is 4.39 Å². The average molecular weight is 342 g/mol. The minimum Gasteiger partial charge on any atom is -0.314 e. The van der Waals surface area contributed by atoms with Crippen molar-refractivity contribution in [1.82, 2.24) is 5.32 Å². The van der Waals surface area contributed by atoms with Crippen molar-refractivity contribution in [1.29, 1.82) is 0 Å². The van der Waals surface area contributed by atoms with Crippen LogP contribution in [0, 0.1) is 17.7 Å². The molecule has 20 heavy (non-hydrogen) atoms. The fraction of sp³-hybridized carbons (Fsp3) is 0.647. The molecule has 112 valence electrons. The molecule has 2 rings (SSSR count). The standard InChI is InChI=1S/C17H25BrFN/c1-12(2)20-11-15(13-5-3-4-6-13)9-14-10-16(18)7-8-17(14)19/h7-8,10,12-13,15,20H,3-6,9,11H2,1-2H3. The van der Waals surface area contributed by atoms with E-state index in [0.29, 0.717) is 12.0 Å². The first-order chi connectivity index (χ1) is 9.56. The van der Waals surface area contributed by atoms with Crippen LogP contribution in [0.2, 0.25) is 0 Å². The zero-order valence-electron chi connectivity index (χ0n) is 12.5. The predicted octanol–water partition coefficient (Wildman–Crippen LogP) is 4.94. The Balaban J connectivity index is 2.07. The van der Waals surface area contributed by atoms with Gasteiger partial charge in [0.1, 0.15) is 5.82 Å². The minimum absolute atomic E-state index is 0.0688. The first-order valence-electron chi connectivity index (χ1n) is 7.73. The van der Waals surface area contributed by atoms with Crippen LogP contribution < -0.4 is 5.32 Å². The van der Waals surface area contributed by atoms with Crippen molar-refractivity contribution in [2.45, 2.75) is 52.0 Å². The zero-order valence-corrected chi connectivity index (χ0v) is 14.0. The Morgan fingerprint density at radius 2 is 2.00 bits per heavy atom. The summed E-state index contributed by atoms with van der Waals surface area (Å²) in [5, 5.41) is 3.54. The molecule has 0 heterocycles. The van der Waals surface area contributed by atoms with E-state index in [1.54, 1.807) is 12.1 Å². The van der Waals surface area contributed by atoms with E-state index in [0.717, 1.165) is 28.9 Å². The molecule has 1 saturated carbocycles. The van der Waals surface area contributed by atoms with Gasteiger partial charge in [-0.1, -0.05) is 55.5 Å². The van der Waals surface area contributed by atoms with Crippen molar-refractivity contribution in [2.24, 2.45) is 11.8 Å². The van der Waals surface area contributed by atoms with Crippen LogP contribution in [0.3, 0.4) is 0 Å². The van der Waals surface area contributed by atoms with Gasteiger partial charge in [-0.05, 0) is 48.6 Å². The Bertz CT molecular complexity index is 427. The highest BCUT2D eigenvalue weighted by Crippen LogP contribution is 2.33. The van der Waals surface area contributed by atoms with Crippen LogP contribution in [0.4, 0.5) is 4.39 Å². The van der Waals surface area contributed by atoms with Gasteiger partial charge >= 0.3 is 0 Å². The fourth-order valence-electron chi connectivity index (χ4n) is 3.20.